The zero-order valence-electron chi connectivity index (χ0n) is 12.8. The van der Waals surface area contributed by atoms with Crippen LogP contribution in [0.1, 0.15) is 5.56 Å². The highest BCUT2D eigenvalue weighted by atomic mass is 79.9. The Bertz CT molecular complexity index is 700. The minimum absolute atomic E-state index is 0.0101. The number of nitrogens with one attached hydrogen (secondary N) is 1. The number of carboxylic acid groups (broad SMARTS) is 1. The zero-order chi connectivity index (χ0) is 17.9. The Morgan fingerprint density at radius 2 is 2.25 bits per heavy atom. The first-order valence-corrected chi connectivity index (χ1v) is 7.78. The number of hydrogen-bond acceptors (Lipinski definition) is 4. The van der Waals surface area contributed by atoms with Crippen LogP contribution in [0, 0.1) is 17.1 Å². The molecule has 2 amide bonds. The SMILES string of the molecule is COC1(C(=O)NC(C#N)Cc2ccc(Br)cc2F)CN(C(=O)O)C1. The molecule has 1 heterocycles. The lowest BCUT2D eigenvalue weighted by Gasteiger charge is -2.46. The van der Waals surface area contributed by atoms with Gasteiger partial charge in [-0.25, -0.2) is 9.18 Å². The smallest absolute Gasteiger partial charge is 0.407 e. The van der Waals surface area contributed by atoms with E-state index in [4.69, 9.17) is 9.84 Å². The van der Waals surface area contributed by atoms with E-state index >= 15 is 0 Å². The van der Waals surface area contributed by atoms with Crippen molar-refractivity contribution in [1.82, 2.24) is 10.2 Å². The molecule has 24 heavy (non-hydrogen) atoms. The van der Waals surface area contributed by atoms with Gasteiger partial charge in [-0.05, 0) is 17.7 Å². The van der Waals surface area contributed by atoms with Crippen LogP contribution >= 0.6 is 15.9 Å². The lowest BCUT2D eigenvalue weighted by molar-refractivity contribution is -0.162. The molecule has 2 N–H and O–H groups in total. The van der Waals surface area contributed by atoms with Crippen molar-refractivity contribution in [1.29, 1.82) is 5.26 Å². The third-order valence-corrected chi connectivity index (χ3v) is 4.36. The Hall–Kier alpha value is -2.18. The first-order chi connectivity index (χ1) is 11.3. The van der Waals surface area contributed by atoms with Crippen molar-refractivity contribution in [3.05, 3.63) is 34.1 Å². The number of benzene rings is 1. The number of nitriles is 1. The molecule has 0 aliphatic carbocycles. The Labute approximate surface area is 146 Å². The van der Waals surface area contributed by atoms with Gasteiger partial charge in [0.25, 0.3) is 5.91 Å². The van der Waals surface area contributed by atoms with Gasteiger partial charge in [-0.15, -0.1) is 0 Å². The van der Waals surface area contributed by atoms with E-state index in [-0.39, 0.29) is 25.1 Å². The number of halogens is 2. The predicted molar refractivity (Wildman–Crippen MR) is 84.7 cm³/mol. The second-order valence-electron chi connectivity index (χ2n) is 5.43. The summed E-state index contributed by atoms with van der Waals surface area (Å²) in [5, 5.41) is 20.6. The van der Waals surface area contributed by atoms with E-state index in [0.717, 1.165) is 4.90 Å². The maximum atomic E-state index is 13.9. The summed E-state index contributed by atoms with van der Waals surface area (Å²) in [6.45, 7) is -0.231. The quantitative estimate of drug-likeness (QED) is 0.780. The van der Waals surface area contributed by atoms with Crippen molar-refractivity contribution < 1.29 is 23.8 Å². The minimum Gasteiger partial charge on any atom is -0.465 e. The number of carbonyl (C=O) groups excluding carboxylic acids is 1. The van der Waals surface area contributed by atoms with Gasteiger partial charge in [0, 0.05) is 18.0 Å². The number of ether oxygens (including phenoxy) is 1. The molecular formula is C15H15BrFN3O4. The van der Waals surface area contributed by atoms with E-state index < -0.39 is 29.5 Å². The van der Waals surface area contributed by atoms with Crippen molar-refractivity contribution >= 4 is 27.9 Å². The van der Waals surface area contributed by atoms with Crippen LogP contribution in [0.25, 0.3) is 0 Å². The summed E-state index contributed by atoms with van der Waals surface area (Å²) in [7, 11) is 1.30. The average Bonchev–Trinajstić information content (AvgIpc) is 2.48. The topological polar surface area (TPSA) is 103 Å². The fourth-order valence-electron chi connectivity index (χ4n) is 2.40. The molecule has 7 nitrogen and oxygen atoms in total. The molecule has 0 aromatic heterocycles. The van der Waals surface area contributed by atoms with Gasteiger partial charge in [-0.1, -0.05) is 22.0 Å². The molecule has 1 aromatic rings. The maximum Gasteiger partial charge on any atom is 0.407 e. The highest BCUT2D eigenvalue weighted by Crippen LogP contribution is 2.25. The molecule has 1 saturated heterocycles. The molecule has 1 aliphatic rings. The molecule has 2 rings (SSSR count). The van der Waals surface area contributed by atoms with Crippen LogP contribution in [0.3, 0.4) is 0 Å². The standard InChI is InChI=1S/C15H15BrFN3O4/c1-24-15(7-20(8-15)14(22)23)13(21)19-11(6-18)4-9-2-3-10(16)5-12(9)17/h2-3,5,11H,4,7-8H2,1H3,(H,19,21)(H,22,23). The number of methoxy groups -OCH3 is 1. The van der Waals surface area contributed by atoms with E-state index in [9.17, 15) is 19.2 Å². The fourth-order valence-corrected chi connectivity index (χ4v) is 2.73. The third kappa shape index (κ3) is 3.66. The van der Waals surface area contributed by atoms with Crippen molar-refractivity contribution in [2.24, 2.45) is 0 Å². The highest BCUT2D eigenvalue weighted by molar-refractivity contribution is 9.10. The molecule has 9 heteroatoms. The molecule has 1 aliphatic heterocycles. The van der Waals surface area contributed by atoms with Gasteiger partial charge in [-0.2, -0.15) is 5.26 Å². The molecule has 128 valence electrons. The van der Waals surface area contributed by atoms with Crippen molar-refractivity contribution in [3.8, 4) is 6.07 Å². The summed E-state index contributed by atoms with van der Waals surface area (Å²) in [4.78, 5) is 24.2. The van der Waals surface area contributed by atoms with Gasteiger partial charge < -0.3 is 20.1 Å². The van der Waals surface area contributed by atoms with Crippen molar-refractivity contribution in [3.63, 3.8) is 0 Å². The first kappa shape index (κ1) is 18.2. The average molecular weight is 400 g/mol. The predicted octanol–water partition coefficient (Wildman–Crippen LogP) is 1.52. The minimum atomic E-state index is -1.31. The Balaban J connectivity index is 2.03. The number of likely N-dealkylation sites (tertiary alicyclic amines) is 1. The van der Waals surface area contributed by atoms with E-state index in [0.29, 0.717) is 4.47 Å². The number of carbonyl (C=O) groups is 2. The van der Waals surface area contributed by atoms with Gasteiger partial charge >= 0.3 is 6.09 Å². The normalized spacial score (nSPS) is 16.7. The monoisotopic (exact) mass is 399 g/mol. The molecule has 0 spiro atoms. The van der Waals surface area contributed by atoms with Crippen LogP contribution in [-0.4, -0.2) is 53.8 Å². The van der Waals surface area contributed by atoms with Gasteiger partial charge in [0.1, 0.15) is 11.9 Å². The number of rotatable bonds is 5. The Morgan fingerprint density at radius 3 is 2.75 bits per heavy atom. The van der Waals surface area contributed by atoms with Gasteiger partial charge in [-0.3, -0.25) is 4.79 Å². The summed E-state index contributed by atoms with van der Waals surface area (Å²) >= 11 is 3.15. The van der Waals surface area contributed by atoms with Gasteiger partial charge in [0.05, 0.1) is 19.2 Å². The fraction of sp³-hybridized carbons (Fsp3) is 0.400. The maximum absolute atomic E-state index is 13.9. The Kier molecular flexibility index (Phi) is 5.41. The molecular weight excluding hydrogens is 385 g/mol. The summed E-state index contributed by atoms with van der Waals surface area (Å²) in [5.74, 6) is -1.08. The van der Waals surface area contributed by atoms with E-state index in [1.807, 2.05) is 6.07 Å². The zero-order valence-corrected chi connectivity index (χ0v) is 14.3. The number of hydrogen-bond donors (Lipinski definition) is 2. The van der Waals surface area contributed by atoms with Crippen LogP contribution in [0.15, 0.2) is 22.7 Å². The van der Waals surface area contributed by atoms with Crippen LogP contribution < -0.4 is 5.32 Å². The molecule has 0 saturated carbocycles. The number of nitrogens with zero attached hydrogens (tertiary/aromatic N) is 2. The van der Waals surface area contributed by atoms with Crippen LogP contribution in [-0.2, 0) is 16.0 Å². The van der Waals surface area contributed by atoms with Crippen LogP contribution in [0.2, 0.25) is 0 Å². The summed E-state index contributed by atoms with van der Waals surface area (Å²) in [5.41, 5.74) is -1.02. The lowest BCUT2D eigenvalue weighted by atomic mass is 9.92. The molecule has 0 radical (unpaired) electrons. The van der Waals surface area contributed by atoms with Crippen LogP contribution in [0.5, 0.6) is 0 Å². The second kappa shape index (κ2) is 7.15. The third-order valence-electron chi connectivity index (χ3n) is 3.87. The van der Waals surface area contributed by atoms with E-state index in [1.165, 1.54) is 19.2 Å². The highest BCUT2D eigenvalue weighted by Gasteiger charge is 2.52. The largest absolute Gasteiger partial charge is 0.465 e. The van der Waals surface area contributed by atoms with Crippen LogP contribution in [0.4, 0.5) is 9.18 Å². The van der Waals surface area contributed by atoms with Gasteiger partial charge in [0.15, 0.2) is 5.60 Å². The molecule has 0 bridgehead atoms. The molecule has 1 atom stereocenters. The van der Waals surface area contributed by atoms with E-state index in [2.05, 4.69) is 21.2 Å². The molecule has 1 unspecified atom stereocenters. The summed E-state index contributed by atoms with van der Waals surface area (Å²) in [6.07, 6.45) is -1.16. The van der Waals surface area contributed by atoms with E-state index in [1.54, 1.807) is 6.07 Å². The Morgan fingerprint density at radius 1 is 1.58 bits per heavy atom. The molecule has 1 fully saturated rings. The summed E-state index contributed by atoms with van der Waals surface area (Å²) in [6, 6.07) is 5.39. The first-order valence-electron chi connectivity index (χ1n) is 6.99. The molecule has 1 aromatic carbocycles. The van der Waals surface area contributed by atoms with Crippen molar-refractivity contribution in [2.75, 3.05) is 20.2 Å². The summed E-state index contributed by atoms with van der Waals surface area (Å²) < 4.78 is 19.6. The van der Waals surface area contributed by atoms with Gasteiger partial charge in [0.2, 0.25) is 0 Å². The van der Waals surface area contributed by atoms with Crippen molar-refractivity contribution in [2.45, 2.75) is 18.1 Å². The second-order valence-corrected chi connectivity index (χ2v) is 6.35. The lowest BCUT2D eigenvalue weighted by Crippen LogP contribution is -2.71. The number of amides is 2.